The lowest BCUT2D eigenvalue weighted by atomic mass is 10.2. The molecule has 1 aromatic carbocycles. The van der Waals surface area contributed by atoms with Gasteiger partial charge in [0.1, 0.15) is 5.75 Å². The smallest absolute Gasteiger partial charge is 0.132 e. The molecule has 0 bridgehead atoms. The van der Waals surface area contributed by atoms with Gasteiger partial charge in [0.25, 0.3) is 0 Å². The summed E-state index contributed by atoms with van der Waals surface area (Å²) in [5.41, 5.74) is 1.21. The molecule has 3 nitrogen and oxygen atoms in total. The number of aliphatic hydroxyl groups is 1. The van der Waals surface area contributed by atoms with Crippen molar-refractivity contribution in [1.29, 1.82) is 0 Å². The number of thioether (sulfide) groups is 1. The van der Waals surface area contributed by atoms with Gasteiger partial charge in [-0.05, 0) is 30.4 Å². The van der Waals surface area contributed by atoms with Gasteiger partial charge < -0.3 is 15.2 Å². The van der Waals surface area contributed by atoms with E-state index in [1.165, 1.54) is 5.56 Å². The Morgan fingerprint density at radius 1 is 1.44 bits per heavy atom. The van der Waals surface area contributed by atoms with Crippen molar-refractivity contribution in [3.63, 3.8) is 0 Å². The molecule has 0 saturated carbocycles. The highest BCUT2D eigenvalue weighted by Crippen LogP contribution is 2.28. The predicted molar refractivity (Wildman–Crippen MR) is 77.4 cm³/mol. The quantitative estimate of drug-likeness (QED) is 0.712. The first kappa shape index (κ1) is 15.3. The number of rotatable bonds is 8. The summed E-state index contributed by atoms with van der Waals surface area (Å²) in [6.07, 6.45) is 3.67. The van der Waals surface area contributed by atoms with Gasteiger partial charge >= 0.3 is 0 Å². The lowest BCUT2D eigenvalue weighted by Crippen LogP contribution is -2.26. The minimum Gasteiger partial charge on any atom is -0.496 e. The zero-order valence-electron chi connectivity index (χ0n) is 11.4. The average Bonchev–Trinajstić information content (AvgIpc) is 2.38. The lowest BCUT2D eigenvalue weighted by molar-refractivity contribution is 0.160. The van der Waals surface area contributed by atoms with Crippen molar-refractivity contribution < 1.29 is 9.84 Å². The monoisotopic (exact) mass is 269 g/mol. The zero-order valence-corrected chi connectivity index (χ0v) is 12.2. The van der Waals surface area contributed by atoms with Crippen LogP contribution < -0.4 is 10.1 Å². The Morgan fingerprint density at radius 2 is 2.22 bits per heavy atom. The first-order chi connectivity index (χ1) is 8.71. The van der Waals surface area contributed by atoms with Crippen molar-refractivity contribution in [2.45, 2.75) is 37.3 Å². The third kappa shape index (κ3) is 4.88. The van der Waals surface area contributed by atoms with E-state index in [9.17, 15) is 5.11 Å². The molecule has 0 saturated heterocycles. The molecule has 1 unspecified atom stereocenters. The van der Waals surface area contributed by atoms with E-state index in [1.807, 2.05) is 12.3 Å². The maximum atomic E-state index is 9.62. The van der Waals surface area contributed by atoms with Gasteiger partial charge in [-0.3, -0.25) is 0 Å². The summed E-state index contributed by atoms with van der Waals surface area (Å²) in [7, 11) is 1.69. The van der Waals surface area contributed by atoms with Crippen LogP contribution in [0, 0.1) is 0 Å². The van der Waals surface area contributed by atoms with Crippen molar-refractivity contribution in [2.75, 3.05) is 19.9 Å². The van der Waals surface area contributed by atoms with Crippen LogP contribution in [0.25, 0.3) is 0 Å². The largest absolute Gasteiger partial charge is 0.496 e. The van der Waals surface area contributed by atoms with Gasteiger partial charge in [0.15, 0.2) is 0 Å². The third-order valence-electron chi connectivity index (χ3n) is 2.78. The second kappa shape index (κ2) is 8.40. The first-order valence-corrected chi connectivity index (χ1v) is 7.53. The van der Waals surface area contributed by atoms with Crippen LogP contribution in [0.4, 0.5) is 0 Å². The van der Waals surface area contributed by atoms with Crippen LogP contribution in [-0.4, -0.2) is 31.1 Å². The highest BCUT2D eigenvalue weighted by Gasteiger charge is 2.05. The normalized spacial score (nSPS) is 12.4. The Balaban J connectivity index is 2.47. The van der Waals surface area contributed by atoms with Crippen molar-refractivity contribution in [3.8, 4) is 5.75 Å². The number of methoxy groups -OCH3 is 1. The Morgan fingerprint density at radius 3 is 2.83 bits per heavy atom. The fraction of sp³-hybridized carbons (Fsp3) is 0.571. The third-order valence-corrected chi connectivity index (χ3v) is 3.54. The molecule has 4 heteroatoms. The fourth-order valence-corrected chi connectivity index (χ4v) is 2.43. The summed E-state index contributed by atoms with van der Waals surface area (Å²) in [6.45, 7) is 3.50. The maximum absolute atomic E-state index is 9.62. The summed E-state index contributed by atoms with van der Waals surface area (Å²) < 4.78 is 5.28. The predicted octanol–water partition coefficient (Wildman–Crippen LogP) is 2.67. The van der Waals surface area contributed by atoms with Crippen LogP contribution in [-0.2, 0) is 6.54 Å². The molecule has 0 heterocycles. The molecule has 0 aliphatic heterocycles. The van der Waals surface area contributed by atoms with Crippen LogP contribution in [0.2, 0.25) is 0 Å². The van der Waals surface area contributed by atoms with E-state index < -0.39 is 0 Å². The molecule has 18 heavy (non-hydrogen) atoms. The second-order valence-electron chi connectivity index (χ2n) is 4.26. The molecule has 0 aromatic heterocycles. The Labute approximate surface area is 114 Å². The van der Waals surface area contributed by atoms with Crippen LogP contribution in [0.5, 0.6) is 5.75 Å². The van der Waals surface area contributed by atoms with E-state index >= 15 is 0 Å². The highest BCUT2D eigenvalue weighted by molar-refractivity contribution is 7.98. The van der Waals surface area contributed by atoms with E-state index in [4.69, 9.17) is 4.74 Å². The molecule has 1 aromatic rings. The molecule has 2 N–H and O–H groups in total. The van der Waals surface area contributed by atoms with E-state index in [1.54, 1.807) is 18.9 Å². The van der Waals surface area contributed by atoms with Crippen molar-refractivity contribution in [1.82, 2.24) is 5.32 Å². The molecule has 0 amide bonds. The van der Waals surface area contributed by atoms with Gasteiger partial charge in [-0.2, -0.15) is 0 Å². The van der Waals surface area contributed by atoms with Gasteiger partial charge in [0.2, 0.25) is 0 Å². The van der Waals surface area contributed by atoms with E-state index in [-0.39, 0.29) is 6.10 Å². The van der Waals surface area contributed by atoms with Crippen LogP contribution in [0.1, 0.15) is 25.3 Å². The summed E-state index contributed by atoms with van der Waals surface area (Å²) in [6, 6.07) is 6.17. The molecule has 1 atom stereocenters. The summed E-state index contributed by atoms with van der Waals surface area (Å²) in [4.78, 5) is 1.14. The van der Waals surface area contributed by atoms with E-state index in [0.29, 0.717) is 6.54 Å². The average molecular weight is 269 g/mol. The SMILES string of the molecule is CCCC(O)CNCc1ccc(OC)c(SC)c1. The topological polar surface area (TPSA) is 41.5 Å². The van der Waals surface area contributed by atoms with Gasteiger partial charge in [0, 0.05) is 18.0 Å². The van der Waals surface area contributed by atoms with E-state index in [2.05, 4.69) is 24.4 Å². The number of ether oxygens (including phenoxy) is 1. The maximum Gasteiger partial charge on any atom is 0.132 e. The molecule has 102 valence electrons. The Bertz CT molecular complexity index is 358. The molecule has 0 spiro atoms. The minimum atomic E-state index is -0.242. The van der Waals surface area contributed by atoms with Gasteiger partial charge in [-0.15, -0.1) is 11.8 Å². The van der Waals surface area contributed by atoms with Gasteiger partial charge in [0.05, 0.1) is 13.2 Å². The van der Waals surface area contributed by atoms with Crippen molar-refractivity contribution in [3.05, 3.63) is 23.8 Å². The number of hydrogen-bond acceptors (Lipinski definition) is 4. The molecule has 0 aliphatic rings. The number of hydrogen-bond donors (Lipinski definition) is 2. The second-order valence-corrected chi connectivity index (χ2v) is 5.11. The zero-order chi connectivity index (χ0) is 13.4. The number of benzene rings is 1. The summed E-state index contributed by atoms with van der Waals surface area (Å²) in [5.74, 6) is 0.914. The van der Waals surface area contributed by atoms with Gasteiger partial charge in [-0.1, -0.05) is 19.4 Å². The molecular formula is C14H23NO2S. The highest BCUT2D eigenvalue weighted by atomic mass is 32.2. The first-order valence-electron chi connectivity index (χ1n) is 6.31. The molecule has 1 rings (SSSR count). The van der Waals surface area contributed by atoms with Crippen LogP contribution in [0.15, 0.2) is 23.1 Å². The number of aliphatic hydroxyl groups excluding tert-OH is 1. The standard InChI is InChI=1S/C14H23NO2S/c1-4-5-12(16)10-15-9-11-6-7-13(17-2)14(8-11)18-3/h6-8,12,15-16H,4-5,9-10H2,1-3H3. The van der Waals surface area contributed by atoms with Crippen LogP contribution in [0.3, 0.4) is 0 Å². The van der Waals surface area contributed by atoms with Crippen LogP contribution >= 0.6 is 11.8 Å². The fourth-order valence-electron chi connectivity index (χ4n) is 1.81. The molecule has 0 radical (unpaired) electrons. The minimum absolute atomic E-state index is 0.242. The van der Waals surface area contributed by atoms with Crippen molar-refractivity contribution in [2.24, 2.45) is 0 Å². The summed E-state index contributed by atoms with van der Waals surface area (Å²) in [5, 5.41) is 12.9. The lowest BCUT2D eigenvalue weighted by Gasteiger charge is -2.12. The molecule has 0 aliphatic carbocycles. The molecule has 0 fully saturated rings. The Hall–Kier alpha value is -0.710. The van der Waals surface area contributed by atoms with Gasteiger partial charge in [-0.25, -0.2) is 0 Å². The van der Waals surface area contributed by atoms with E-state index in [0.717, 1.165) is 30.0 Å². The number of nitrogens with one attached hydrogen (secondary N) is 1. The Kier molecular flexibility index (Phi) is 7.16. The molecular weight excluding hydrogens is 246 g/mol. The van der Waals surface area contributed by atoms with Crippen molar-refractivity contribution >= 4 is 11.8 Å². The summed E-state index contributed by atoms with van der Waals surface area (Å²) >= 11 is 1.68.